The fraction of sp³-hybridized carbons (Fsp3) is 0.500. The maximum atomic E-state index is 11.9. The summed E-state index contributed by atoms with van der Waals surface area (Å²) < 4.78 is 2.02. The Balaban J connectivity index is 1.35. The average Bonchev–Trinajstić information content (AvgIpc) is 3.18. The van der Waals surface area contributed by atoms with E-state index in [4.69, 9.17) is 0 Å². The van der Waals surface area contributed by atoms with Gasteiger partial charge in [0.1, 0.15) is 0 Å². The largest absolute Gasteiger partial charge is 0.356 e. The molecule has 0 bridgehead atoms. The van der Waals surface area contributed by atoms with Gasteiger partial charge in [-0.1, -0.05) is 0 Å². The standard InChI is InChI=1S/C16H22N6O2S/c23-14(18-6-4-15(24)20-16-19-7-9-25-16)3-2-12-10-13-11-17-5-1-8-22(13)21-12/h7,9-10,17H,1-6,8,11H2,(H,18,23)(H,19,20,24). The third-order valence-electron chi connectivity index (χ3n) is 3.90. The summed E-state index contributed by atoms with van der Waals surface area (Å²) in [6, 6.07) is 2.06. The third kappa shape index (κ3) is 5.36. The zero-order chi connectivity index (χ0) is 17.5. The van der Waals surface area contributed by atoms with Crippen molar-refractivity contribution in [1.29, 1.82) is 0 Å². The molecule has 3 N–H and O–H groups in total. The number of carbonyl (C=O) groups excluding carboxylic acids is 2. The number of thiazole rings is 1. The van der Waals surface area contributed by atoms with E-state index in [-0.39, 0.29) is 18.2 Å². The first-order valence-corrected chi connectivity index (χ1v) is 9.31. The molecule has 0 saturated carbocycles. The Morgan fingerprint density at radius 3 is 3.08 bits per heavy atom. The number of hydrogen-bond donors (Lipinski definition) is 3. The predicted octanol–water partition coefficient (Wildman–Crippen LogP) is 0.910. The van der Waals surface area contributed by atoms with Gasteiger partial charge in [0.15, 0.2) is 5.13 Å². The van der Waals surface area contributed by atoms with E-state index in [9.17, 15) is 9.59 Å². The number of fused-ring (bicyclic) bond motifs is 1. The zero-order valence-electron chi connectivity index (χ0n) is 14.0. The summed E-state index contributed by atoms with van der Waals surface area (Å²) >= 11 is 1.37. The molecule has 2 aromatic rings. The molecule has 0 aromatic carbocycles. The number of hydrogen-bond acceptors (Lipinski definition) is 6. The molecule has 8 nitrogen and oxygen atoms in total. The van der Waals surface area contributed by atoms with Crippen LogP contribution in [0.15, 0.2) is 17.6 Å². The molecule has 0 aliphatic carbocycles. The van der Waals surface area contributed by atoms with Gasteiger partial charge in [0.05, 0.1) is 11.4 Å². The molecule has 2 aromatic heterocycles. The van der Waals surface area contributed by atoms with Gasteiger partial charge < -0.3 is 16.0 Å². The van der Waals surface area contributed by atoms with Crippen molar-refractivity contribution in [2.45, 2.75) is 38.8 Å². The zero-order valence-corrected chi connectivity index (χ0v) is 14.8. The minimum absolute atomic E-state index is 0.0663. The molecule has 2 amide bonds. The van der Waals surface area contributed by atoms with Gasteiger partial charge in [-0.15, -0.1) is 11.3 Å². The highest BCUT2D eigenvalue weighted by Gasteiger charge is 2.12. The molecular formula is C16H22N6O2S. The van der Waals surface area contributed by atoms with Gasteiger partial charge in [0.2, 0.25) is 11.8 Å². The number of nitrogens with zero attached hydrogens (tertiary/aromatic N) is 3. The normalized spacial score (nSPS) is 13.8. The summed E-state index contributed by atoms with van der Waals surface area (Å²) in [5.74, 6) is -0.219. The quantitative estimate of drug-likeness (QED) is 0.680. The first-order chi connectivity index (χ1) is 12.2. The van der Waals surface area contributed by atoms with Crippen LogP contribution >= 0.6 is 11.3 Å². The Morgan fingerprint density at radius 1 is 1.32 bits per heavy atom. The molecule has 134 valence electrons. The topological polar surface area (TPSA) is 101 Å². The van der Waals surface area contributed by atoms with E-state index < -0.39 is 0 Å². The Morgan fingerprint density at radius 2 is 2.24 bits per heavy atom. The number of rotatable bonds is 7. The number of aryl methyl sites for hydroxylation is 2. The van der Waals surface area contributed by atoms with Crippen molar-refractivity contribution in [3.05, 3.63) is 29.0 Å². The number of aromatic nitrogens is 3. The van der Waals surface area contributed by atoms with Crippen LogP contribution in [0.4, 0.5) is 5.13 Å². The van der Waals surface area contributed by atoms with Crippen molar-refractivity contribution in [3.8, 4) is 0 Å². The highest BCUT2D eigenvalue weighted by Crippen LogP contribution is 2.11. The Hall–Kier alpha value is -2.26. The van der Waals surface area contributed by atoms with Crippen LogP contribution in [0, 0.1) is 0 Å². The molecule has 0 unspecified atom stereocenters. The molecule has 0 atom stereocenters. The second-order valence-corrected chi connectivity index (χ2v) is 6.76. The third-order valence-corrected chi connectivity index (χ3v) is 4.59. The van der Waals surface area contributed by atoms with Crippen molar-refractivity contribution < 1.29 is 9.59 Å². The second-order valence-electron chi connectivity index (χ2n) is 5.87. The maximum Gasteiger partial charge on any atom is 0.227 e. The minimum Gasteiger partial charge on any atom is -0.356 e. The lowest BCUT2D eigenvalue weighted by Gasteiger charge is -2.04. The van der Waals surface area contributed by atoms with E-state index >= 15 is 0 Å². The van der Waals surface area contributed by atoms with E-state index in [1.807, 2.05) is 4.68 Å². The molecule has 0 radical (unpaired) electrons. The summed E-state index contributed by atoms with van der Waals surface area (Å²) in [7, 11) is 0. The van der Waals surface area contributed by atoms with Crippen molar-refractivity contribution in [2.75, 3.05) is 18.4 Å². The van der Waals surface area contributed by atoms with Crippen molar-refractivity contribution in [3.63, 3.8) is 0 Å². The van der Waals surface area contributed by atoms with Gasteiger partial charge in [0.25, 0.3) is 0 Å². The van der Waals surface area contributed by atoms with Crippen LogP contribution in [0.2, 0.25) is 0 Å². The highest BCUT2D eigenvalue weighted by atomic mass is 32.1. The predicted molar refractivity (Wildman–Crippen MR) is 95.2 cm³/mol. The molecule has 0 saturated heterocycles. The van der Waals surface area contributed by atoms with Gasteiger partial charge in [-0.2, -0.15) is 5.10 Å². The second kappa shape index (κ2) is 8.72. The van der Waals surface area contributed by atoms with Crippen LogP contribution < -0.4 is 16.0 Å². The van der Waals surface area contributed by atoms with E-state index in [1.54, 1.807) is 11.6 Å². The summed E-state index contributed by atoms with van der Waals surface area (Å²) in [5.41, 5.74) is 2.11. The highest BCUT2D eigenvalue weighted by molar-refractivity contribution is 7.13. The number of anilines is 1. The van der Waals surface area contributed by atoms with Crippen molar-refractivity contribution in [1.82, 2.24) is 25.4 Å². The Labute approximate surface area is 150 Å². The van der Waals surface area contributed by atoms with Gasteiger partial charge >= 0.3 is 0 Å². The lowest BCUT2D eigenvalue weighted by atomic mass is 10.2. The van der Waals surface area contributed by atoms with E-state index in [1.165, 1.54) is 17.0 Å². The van der Waals surface area contributed by atoms with Gasteiger partial charge in [0, 0.05) is 50.5 Å². The fourth-order valence-electron chi connectivity index (χ4n) is 2.66. The molecule has 0 spiro atoms. The fourth-order valence-corrected chi connectivity index (χ4v) is 3.20. The molecule has 1 aliphatic heterocycles. The first kappa shape index (κ1) is 17.6. The smallest absolute Gasteiger partial charge is 0.227 e. The summed E-state index contributed by atoms with van der Waals surface area (Å²) in [4.78, 5) is 27.6. The average molecular weight is 362 g/mol. The number of nitrogens with one attached hydrogen (secondary N) is 3. The Bertz CT molecular complexity index is 689. The number of amides is 2. The van der Waals surface area contributed by atoms with Crippen LogP contribution in [0.1, 0.15) is 30.7 Å². The molecule has 3 rings (SSSR count). The minimum atomic E-state index is -0.152. The lowest BCUT2D eigenvalue weighted by molar-refractivity contribution is -0.121. The number of carbonyl (C=O) groups is 2. The van der Waals surface area contributed by atoms with Gasteiger partial charge in [-0.3, -0.25) is 14.3 Å². The monoisotopic (exact) mass is 362 g/mol. The molecule has 1 aliphatic rings. The van der Waals surface area contributed by atoms with Crippen molar-refractivity contribution in [2.24, 2.45) is 0 Å². The summed E-state index contributed by atoms with van der Waals surface area (Å²) in [6.07, 6.45) is 3.91. The summed E-state index contributed by atoms with van der Waals surface area (Å²) in [6.45, 7) is 3.08. The van der Waals surface area contributed by atoms with Crippen LogP contribution in [0.3, 0.4) is 0 Å². The maximum absolute atomic E-state index is 11.9. The van der Waals surface area contributed by atoms with Gasteiger partial charge in [-0.05, 0) is 19.0 Å². The van der Waals surface area contributed by atoms with E-state index in [0.717, 1.165) is 31.7 Å². The lowest BCUT2D eigenvalue weighted by Crippen LogP contribution is -2.27. The first-order valence-electron chi connectivity index (χ1n) is 8.43. The van der Waals surface area contributed by atoms with Crippen LogP contribution in [-0.4, -0.2) is 39.7 Å². The van der Waals surface area contributed by atoms with Gasteiger partial charge in [-0.25, -0.2) is 4.98 Å². The molecular weight excluding hydrogens is 340 g/mol. The van der Waals surface area contributed by atoms with Crippen LogP contribution in [0.5, 0.6) is 0 Å². The van der Waals surface area contributed by atoms with E-state index in [0.29, 0.717) is 24.5 Å². The Kier molecular flexibility index (Phi) is 6.13. The van der Waals surface area contributed by atoms with E-state index in [2.05, 4.69) is 32.1 Å². The molecule has 25 heavy (non-hydrogen) atoms. The molecule has 9 heteroatoms. The summed E-state index contributed by atoms with van der Waals surface area (Å²) in [5, 5.41) is 15.7. The van der Waals surface area contributed by atoms with Crippen molar-refractivity contribution >= 4 is 28.3 Å². The van der Waals surface area contributed by atoms with Crippen LogP contribution in [-0.2, 0) is 29.1 Å². The van der Waals surface area contributed by atoms with Crippen LogP contribution in [0.25, 0.3) is 0 Å². The SMILES string of the molecule is O=C(CCc1cc2n(n1)CCCNC2)NCCC(=O)Nc1nccs1. The molecule has 3 heterocycles. The molecule has 0 fully saturated rings.